The number of hydrogen-bond acceptors (Lipinski definition) is 4. The molecule has 2 aromatic carbocycles. The molecule has 2 N–H and O–H groups in total. The summed E-state index contributed by atoms with van der Waals surface area (Å²) in [5.41, 5.74) is 7.44. The molecule has 1 aromatic heterocycles. The maximum Gasteiger partial charge on any atom is 0.215 e. The lowest BCUT2D eigenvalue weighted by molar-refractivity contribution is 0.598. The van der Waals surface area contributed by atoms with Crippen LogP contribution in [0.3, 0.4) is 0 Å². The van der Waals surface area contributed by atoms with Gasteiger partial charge in [-0.2, -0.15) is 0 Å². The normalized spacial score (nSPS) is 11.0. The van der Waals surface area contributed by atoms with Crippen molar-refractivity contribution in [2.45, 2.75) is 15.6 Å². The molecule has 0 fully saturated rings. The average Bonchev–Trinajstić information content (AvgIpc) is 3.06. The maximum atomic E-state index is 12.7. The summed E-state index contributed by atoms with van der Waals surface area (Å²) in [6, 6.07) is 20.1. The Hall–Kier alpha value is -1.66. The quantitative estimate of drug-likeness (QED) is 0.756. The van der Waals surface area contributed by atoms with Crippen LogP contribution < -0.4 is 5.73 Å². The molecule has 23 heavy (non-hydrogen) atoms. The highest BCUT2D eigenvalue weighted by Crippen LogP contribution is 2.30. The van der Waals surface area contributed by atoms with Gasteiger partial charge in [-0.3, -0.25) is 0 Å². The van der Waals surface area contributed by atoms with E-state index >= 15 is 0 Å². The van der Waals surface area contributed by atoms with Gasteiger partial charge in [0.15, 0.2) is 0 Å². The summed E-state index contributed by atoms with van der Waals surface area (Å²) in [6.07, 6.45) is 0. The second-order valence-electron chi connectivity index (χ2n) is 4.82. The lowest BCUT2D eigenvalue weighted by atomic mass is 10.1. The molecule has 0 bridgehead atoms. The van der Waals surface area contributed by atoms with Crippen LogP contribution in [0.1, 0.15) is 4.88 Å². The van der Waals surface area contributed by atoms with Crippen LogP contribution in [0.15, 0.2) is 75.8 Å². The molecule has 0 amide bonds. The Morgan fingerprint density at radius 2 is 1.57 bits per heavy atom. The average molecular weight is 366 g/mol. The SMILES string of the molecule is Cl.NCc1ccc(S(=O)(=O)c2cccc(-c3ccccc3)c2)s1. The Labute approximate surface area is 146 Å². The van der Waals surface area contributed by atoms with Crippen molar-refractivity contribution >= 4 is 33.6 Å². The van der Waals surface area contributed by atoms with Crippen molar-refractivity contribution < 1.29 is 8.42 Å². The molecule has 0 aliphatic heterocycles. The van der Waals surface area contributed by atoms with E-state index in [1.54, 1.807) is 30.3 Å². The van der Waals surface area contributed by atoms with Crippen LogP contribution in [0.2, 0.25) is 0 Å². The number of benzene rings is 2. The van der Waals surface area contributed by atoms with Gasteiger partial charge < -0.3 is 5.73 Å². The molecule has 0 saturated heterocycles. The number of thiophene rings is 1. The first-order chi connectivity index (χ1) is 10.6. The van der Waals surface area contributed by atoms with Gasteiger partial charge in [0.1, 0.15) is 4.21 Å². The molecule has 0 aliphatic rings. The molecule has 0 aliphatic carbocycles. The predicted octanol–water partition coefficient (Wildman–Crippen LogP) is 4.13. The van der Waals surface area contributed by atoms with E-state index in [0.717, 1.165) is 16.0 Å². The molecule has 0 spiro atoms. The molecule has 120 valence electrons. The Morgan fingerprint density at radius 3 is 2.22 bits per heavy atom. The molecule has 0 atom stereocenters. The van der Waals surface area contributed by atoms with Crippen molar-refractivity contribution in [1.82, 2.24) is 0 Å². The first kappa shape index (κ1) is 17.7. The molecule has 1 heterocycles. The van der Waals surface area contributed by atoms with Gasteiger partial charge in [-0.25, -0.2) is 8.42 Å². The molecule has 6 heteroatoms. The van der Waals surface area contributed by atoms with Crippen molar-refractivity contribution in [3.63, 3.8) is 0 Å². The fourth-order valence-electron chi connectivity index (χ4n) is 2.20. The monoisotopic (exact) mass is 365 g/mol. The first-order valence-electron chi connectivity index (χ1n) is 6.80. The second kappa shape index (κ2) is 7.27. The fraction of sp³-hybridized carbons (Fsp3) is 0.0588. The van der Waals surface area contributed by atoms with Crippen LogP contribution in [0.5, 0.6) is 0 Å². The van der Waals surface area contributed by atoms with E-state index in [1.807, 2.05) is 36.4 Å². The smallest absolute Gasteiger partial charge is 0.215 e. The van der Waals surface area contributed by atoms with Crippen LogP contribution >= 0.6 is 23.7 Å². The minimum Gasteiger partial charge on any atom is -0.326 e. The van der Waals surface area contributed by atoms with Gasteiger partial charge in [-0.15, -0.1) is 23.7 Å². The minimum atomic E-state index is -3.50. The number of hydrogen-bond donors (Lipinski definition) is 1. The second-order valence-corrected chi connectivity index (χ2v) is 8.17. The lowest BCUT2D eigenvalue weighted by Gasteiger charge is -2.06. The molecule has 3 aromatic rings. The van der Waals surface area contributed by atoms with Crippen LogP contribution in [-0.2, 0) is 16.4 Å². The van der Waals surface area contributed by atoms with Gasteiger partial charge in [0, 0.05) is 11.4 Å². The van der Waals surface area contributed by atoms with E-state index in [-0.39, 0.29) is 12.4 Å². The van der Waals surface area contributed by atoms with E-state index in [2.05, 4.69) is 0 Å². The standard InChI is InChI=1S/C17H15NO2S2.ClH/c18-12-15-9-10-17(21-15)22(19,20)16-8-4-7-14(11-16)13-5-2-1-3-6-13;/h1-11H,12,18H2;1H. The molecule has 0 radical (unpaired) electrons. The van der Waals surface area contributed by atoms with Crippen LogP contribution in [0, 0.1) is 0 Å². The highest BCUT2D eigenvalue weighted by Gasteiger charge is 2.20. The summed E-state index contributed by atoms with van der Waals surface area (Å²) < 4.78 is 25.8. The Balaban J connectivity index is 0.00000192. The summed E-state index contributed by atoms with van der Waals surface area (Å²) in [5, 5.41) is 0. The summed E-state index contributed by atoms with van der Waals surface area (Å²) >= 11 is 1.22. The number of halogens is 1. The molecule has 0 saturated carbocycles. The topological polar surface area (TPSA) is 60.2 Å². The van der Waals surface area contributed by atoms with Crippen LogP contribution in [0.25, 0.3) is 11.1 Å². The third kappa shape index (κ3) is 3.64. The van der Waals surface area contributed by atoms with E-state index in [0.29, 0.717) is 15.6 Å². The van der Waals surface area contributed by atoms with E-state index in [1.165, 1.54) is 11.3 Å². The summed E-state index contributed by atoms with van der Waals surface area (Å²) in [7, 11) is -3.50. The van der Waals surface area contributed by atoms with Gasteiger partial charge in [-0.05, 0) is 35.4 Å². The Bertz CT molecular complexity index is 890. The maximum absolute atomic E-state index is 12.7. The number of nitrogens with two attached hydrogens (primary N) is 1. The predicted molar refractivity (Wildman–Crippen MR) is 96.8 cm³/mol. The van der Waals surface area contributed by atoms with Gasteiger partial charge in [0.2, 0.25) is 9.84 Å². The largest absolute Gasteiger partial charge is 0.326 e. The van der Waals surface area contributed by atoms with E-state index in [4.69, 9.17) is 5.73 Å². The van der Waals surface area contributed by atoms with Gasteiger partial charge in [-0.1, -0.05) is 42.5 Å². The molecule has 0 unspecified atom stereocenters. The van der Waals surface area contributed by atoms with E-state index < -0.39 is 9.84 Å². The van der Waals surface area contributed by atoms with Crippen molar-refractivity contribution in [2.24, 2.45) is 5.73 Å². The summed E-state index contributed by atoms with van der Waals surface area (Å²) in [5.74, 6) is 0. The third-order valence-corrected chi connectivity index (χ3v) is 6.71. The van der Waals surface area contributed by atoms with Crippen molar-refractivity contribution in [3.05, 3.63) is 71.6 Å². The first-order valence-corrected chi connectivity index (χ1v) is 9.10. The zero-order valence-corrected chi connectivity index (χ0v) is 14.6. The summed E-state index contributed by atoms with van der Waals surface area (Å²) in [4.78, 5) is 1.16. The molecular weight excluding hydrogens is 350 g/mol. The van der Waals surface area contributed by atoms with E-state index in [9.17, 15) is 8.42 Å². The molecule has 3 nitrogen and oxygen atoms in total. The minimum absolute atomic E-state index is 0. The van der Waals surface area contributed by atoms with Gasteiger partial charge in [0.05, 0.1) is 4.90 Å². The molecular formula is C17H16ClNO2S2. The van der Waals surface area contributed by atoms with Gasteiger partial charge >= 0.3 is 0 Å². The fourth-order valence-corrected chi connectivity index (χ4v) is 4.88. The van der Waals surface area contributed by atoms with Crippen LogP contribution in [-0.4, -0.2) is 8.42 Å². The molecule has 3 rings (SSSR count). The Morgan fingerprint density at radius 1 is 0.870 bits per heavy atom. The Kier molecular flexibility index (Phi) is 5.59. The lowest BCUT2D eigenvalue weighted by Crippen LogP contribution is -1.99. The zero-order valence-electron chi connectivity index (χ0n) is 12.2. The highest BCUT2D eigenvalue weighted by atomic mass is 35.5. The number of sulfone groups is 1. The van der Waals surface area contributed by atoms with Crippen molar-refractivity contribution in [1.29, 1.82) is 0 Å². The highest BCUT2D eigenvalue weighted by molar-refractivity contribution is 7.93. The van der Waals surface area contributed by atoms with Gasteiger partial charge in [0.25, 0.3) is 0 Å². The van der Waals surface area contributed by atoms with Crippen molar-refractivity contribution in [3.8, 4) is 11.1 Å². The zero-order chi connectivity index (χ0) is 15.6. The third-order valence-electron chi connectivity index (χ3n) is 3.35. The summed E-state index contributed by atoms with van der Waals surface area (Å²) in [6.45, 7) is 0.351. The van der Waals surface area contributed by atoms with Crippen LogP contribution in [0.4, 0.5) is 0 Å². The number of rotatable bonds is 4. The van der Waals surface area contributed by atoms with Crippen molar-refractivity contribution in [2.75, 3.05) is 0 Å².